The van der Waals surface area contributed by atoms with Crippen molar-refractivity contribution in [2.24, 2.45) is 0 Å². The number of benzene rings is 1. The number of hydrogen-bond donors (Lipinski definition) is 0. The second kappa shape index (κ2) is 5.93. The minimum Gasteiger partial charge on any atom is -0.341 e. The average Bonchev–Trinajstić information content (AvgIpc) is 3.09. The van der Waals surface area contributed by atoms with Crippen molar-refractivity contribution < 1.29 is 4.79 Å². The molecule has 4 nitrogen and oxygen atoms in total. The lowest BCUT2D eigenvalue weighted by Crippen LogP contribution is -2.25. The lowest BCUT2D eigenvalue weighted by Gasteiger charge is -2.24. The number of aromatic nitrogens is 2. The molecule has 5 heteroatoms. The van der Waals surface area contributed by atoms with Crippen molar-refractivity contribution in [1.82, 2.24) is 9.97 Å². The van der Waals surface area contributed by atoms with Gasteiger partial charge in [0.25, 0.3) is 0 Å². The molecule has 1 saturated heterocycles. The summed E-state index contributed by atoms with van der Waals surface area (Å²) in [5, 5.41) is 0.709. The molecule has 0 N–H and O–H groups in total. The number of anilines is 1. The van der Waals surface area contributed by atoms with Crippen molar-refractivity contribution in [2.75, 3.05) is 18.0 Å². The van der Waals surface area contributed by atoms with E-state index in [2.05, 4.69) is 9.88 Å². The fourth-order valence-corrected chi connectivity index (χ4v) is 3.70. The highest BCUT2D eigenvalue weighted by Crippen LogP contribution is 2.33. The number of ketones is 1. The molecule has 0 saturated carbocycles. The van der Waals surface area contributed by atoms with E-state index < -0.39 is 0 Å². The molecule has 23 heavy (non-hydrogen) atoms. The van der Waals surface area contributed by atoms with Crippen molar-refractivity contribution in [1.29, 1.82) is 0 Å². The lowest BCUT2D eigenvalue weighted by molar-refractivity contribution is 0.0962. The molecule has 0 radical (unpaired) electrons. The molecule has 0 spiro atoms. The zero-order valence-corrected chi connectivity index (χ0v) is 13.6. The Hall–Kier alpha value is -1.94. The molecular formula is C18H18ClN3O. The van der Waals surface area contributed by atoms with Gasteiger partial charge in [0.15, 0.2) is 5.78 Å². The molecule has 2 aromatic rings. The Bertz CT molecular complexity index is 756. The average molecular weight is 328 g/mol. The summed E-state index contributed by atoms with van der Waals surface area (Å²) in [7, 11) is 0. The van der Waals surface area contributed by atoms with Crippen LogP contribution in [-0.2, 0) is 6.42 Å². The van der Waals surface area contributed by atoms with Crippen molar-refractivity contribution in [3.05, 3.63) is 52.3 Å². The SMILES string of the molecule is O=C1CC(c2cccc(Cl)c2)Cc2nc(N3CCCC3)ncc21. The molecule has 118 valence electrons. The van der Waals surface area contributed by atoms with Crippen LogP contribution in [0.4, 0.5) is 5.95 Å². The predicted octanol–water partition coefficient (Wildman–Crippen LogP) is 3.64. The highest BCUT2D eigenvalue weighted by atomic mass is 35.5. The van der Waals surface area contributed by atoms with Crippen LogP contribution in [-0.4, -0.2) is 28.8 Å². The van der Waals surface area contributed by atoms with Crippen molar-refractivity contribution in [2.45, 2.75) is 31.6 Å². The van der Waals surface area contributed by atoms with Crippen molar-refractivity contribution >= 4 is 23.3 Å². The summed E-state index contributed by atoms with van der Waals surface area (Å²) in [6.45, 7) is 2.01. The number of rotatable bonds is 2. The fraction of sp³-hybridized carbons (Fsp3) is 0.389. The van der Waals surface area contributed by atoms with E-state index in [0.29, 0.717) is 17.0 Å². The van der Waals surface area contributed by atoms with Gasteiger partial charge in [0.2, 0.25) is 5.95 Å². The highest BCUT2D eigenvalue weighted by molar-refractivity contribution is 6.30. The van der Waals surface area contributed by atoms with E-state index in [0.717, 1.165) is 36.7 Å². The van der Waals surface area contributed by atoms with Crippen molar-refractivity contribution in [3.63, 3.8) is 0 Å². The fourth-order valence-electron chi connectivity index (χ4n) is 3.50. The first-order valence-corrected chi connectivity index (χ1v) is 8.48. The summed E-state index contributed by atoms with van der Waals surface area (Å²) in [6.07, 6.45) is 5.35. The van der Waals surface area contributed by atoms with Gasteiger partial charge in [-0.1, -0.05) is 23.7 Å². The zero-order valence-electron chi connectivity index (χ0n) is 12.8. The Morgan fingerprint density at radius 1 is 1.17 bits per heavy atom. The van der Waals surface area contributed by atoms with Gasteiger partial charge in [-0.05, 0) is 42.9 Å². The molecule has 0 amide bonds. The maximum absolute atomic E-state index is 12.5. The van der Waals surface area contributed by atoms with Crippen LogP contribution in [0, 0.1) is 0 Å². The Labute approximate surface area is 140 Å². The third-order valence-corrected chi connectivity index (χ3v) is 4.97. The summed E-state index contributed by atoms with van der Waals surface area (Å²) < 4.78 is 0. The molecule has 1 aliphatic heterocycles. The summed E-state index contributed by atoms with van der Waals surface area (Å²) in [5.41, 5.74) is 2.67. The monoisotopic (exact) mass is 327 g/mol. The molecule has 1 aromatic heterocycles. The van der Waals surface area contributed by atoms with Gasteiger partial charge in [0, 0.05) is 30.7 Å². The number of carbonyl (C=O) groups is 1. The number of Topliss-reactive ketones (excluding diaryl/α,β-unsaturated/α-hetero) is 1. The third-order valence-electron chi connectivity index (χ3n) is 4.74. The molecule has 1 fully saturated rings. The van der Waals surface area contributed by atoms with Gasteiger partial charge in [-0.3, -0.25) is 4.79 Å². The van der Waals surface area contributed by atoms with Crippen LogP contribution in [0.5, 0.6) is 0 Å². The molecular weight excluding hydrogens is 310 g/mol. The summed E-state index contributed by atoms with van der Waals surface area (Å²) >= 11 is 6.09. The number of hydrogen-bond acceptors (Lipinski definition) is 4. The first-order chi connectivity index (χ1) is 11.2. The van der Waals surface area contributed by atoms with E-state index in [1.165, 1.54) is 12.8 Å². The van der Waals surface area contributed by atoms with Gasteiger partial charge >= 0.3 is 0 Å². The Balaban J connectivity index is 1.66. The van der Waals surface area contributed by atoms with Gasteiger partial charge in [0.05, 0.1) is 11.3 Å². The minimum atomic E-state index is 0.129. The van der Waals surface area contributed by atoms with Gasteiger partial charge in [-0.2, -0.15) is 0 Å². The Kier molecular flexibility index (Phi) is 3.77. The summed E-state index contributed by atoms with van der Waals surface area (Å²) in [6, 6.07) is 7.79. The Morgan fingerprint density at radius 2 is 2.00 bits per heavy atom. The smallest absolute Gasteiger partial charge is 0.225 e. The maximum Gasteiger partial charge on any atom is 0.225 e. The van der Waals surface area contributed by atoms with Crippen LogP contribution in [0.25, 0.3) is 0 Å². The lowest BCUT2D eigenvalue weighted by atomic mass is 9.82. The predicted molar refractivity (Wildman–Crippen MR) is 90.3 cm³/mol. The largest absolute Gasteiger partial charge is 0.341 e. The first kappa shape index (κ1) is 14.6. The van der Waals surface area contributed by atoms with E-state index in [1.54, 1.807) is 6.20 Å². The standard InChI is InChI=1S/C18H18ClN3O/c19-14-5-3-4-12(8-14)13-9-16-15(17(23)10-13)11-20-18(21-16)22-6-1-2-7-22/h3-5,8,11,13H,1-2,6-7,9-10H2. The number of fused-ring (bicyclic) bond motifs is 1. The number of halogens is 1. The molecule has 2 aliphatic rings. The molecule has 4 rings (SSSR count). The summed E-state index contributed by atoms with van der Waals surface area (Å²) in [5.74, 6) is 1.04. The van der Waals surface area contributed by atoms with Gasteiger partial charge in [-0.15, -0.1) is 0 Å². The van der Waals surface area contributed by atoms with Gasteiger partial charge in [0.1, 0.15) is 0 Å². The molecule has 1 unspecified atom stereocenters. The van der Waals surface area contributed by atoms with E-state index in [9.17, 15) is 4.79 Å². The van der Waals surface area contributed by atoms with Crippen LogP contribution in [0.15, 0.2) is 30.5 Å². The zero-order chi connectivity index (χ0) is 15.8. The van der Waals surface area contributed by atoms with Crippen LogP contribution >= 0.6 is 11.6 Å². The highest BCUT2D eigenvalue weighted by Gasteiger charge is 2.29. The normalized spacial score (nSPS) is 20.7. The number of nitrogens with zero attached hydrogens (tertiary/aromatic N) is 3. The Morgan fingerprint density at radius 3 is 2.78 bits per heavy atom. The third kappa shape index (κ3) is 2.83. The minimum absolute atomic E-state index is 0.129. The van der Waals surface area contributed by atoms with Crippen LogP contribution < -0.4 is 4.90 Å². The van der Waals surface area contributed by atoms with E-state index in [-0.39, 0.29) is 11.7 Å². The van der Waals surface area contributed by atoms with E-state index >= 15 is 0 Å². The van der Waals surface area contributed by atoms with Gasteiger partial charge < -0.3 is 4.90 Å². The maximum atomic E-state index is 12.5. The molecule has 0 bridgehead atoms. The van der Waals surface area contributed by atoms with E-state index in [1.807, 2.05) is 24.3 Å². The molecule has 1 aromatic carbocycles. The topological polar surface area (TPSA) is 46.1 Å². The van der Waals surface area contributed by atoms with Crippen molar-refractivity contribution in [3.8, 4) is 0 Å². The van der Waals surface area contributed by atoms with Crippen LogP contribution in [0.1, 0.15) is 46.8 Å². The van der Waals surface area contributed by atoms with Gasteiger partial charge in [-0.25, -0.2) is 9.97 Å². The molecule has 1 aliphatic carbocycles. The molecule has 1 atom stereocenters. The summed E-state index contributed by atoms with van der Waals surface area (Å²) in [4.78, 5) is 23.8. The quantitative estimate of drug-likeness (QED) is 0.844. The number of carbonyl (C=O) groups excluding carboxylic acids is 1. The van der Waals surface area contributed by atoms with Crippen LogP contribution in [0.3, 0.4) is 0 Å². The van der Waals surface area contributed by atoms with E-state index in [4.69, 9.17) is 16.6 Å². The van der Waals surface area contributed by atoms with Crippen LogP contribution in [0.2, 0.25) is 5.02 Å². The molecule has 2 heterocycles. The second-order valence-electron chi connectivity index (χ2n) is 6.31. The second-order valence-corrected chi connectivity index (χ2v) is 6.74. The first-order valence-electron chi connectivity index (χ1n) is 8.10.